The molecule has 94 valence electrons. The van der Waals surface area contributed by atoms with Gasteiger partial charge in [0, 0.05) is 16.5 Å². The van der Waals surface area contributed by atoms with Crippen molar-refractivity contribution in [2.75, 3.05) is 7.11 Å². The minimum absolute atomic E-state index is 0.605. The van der Waals surface area contributed by atoms with Crippen LogP contribution in [0.5, 0.6) is 5.88 Å². The van der Waals surface area contributed by atoms with Crippen LogP contribution in [-0.4, -0.2) is 12.1 Å². The second-order valence-corrected chi connectivity index (χ2v) is 4.68. The summed E-state index contributed by atoms with van der Waals surface area (Å²) in [5, 5.41) is 1.73. The highest BCUT2D eigenvalue weighted by Crippen LogP contribution is 2.32. The van der Waals surface area contributed by atoms with E-state index in [9.17, 15) is 0 Å². The number of methoxy groups -OCH3 is 1. The molecule has 0 amide bonds. The fourth-order valence-corrected chi connectivity index (χ4v) is 2.31. The number of nitrogens with zero attached hydrogens (tertiary/aromatic N) is 1. The predicted octanol–water partition coefficient (Wildman–Crippen LogP) is 4.56. The first-order chi connectivity index (χ1) is 9.28. The Morgan fingerprint density at radius 3 is 2.53 bits per heavy atom. The molecule has 0 saturated heterocycles. The van der Waals surface area contributed by atoms with Gasteiger partial charge >= 0.3 is 0 Å². The van der Waals surface area contributed by atoms with Crippen molar-refractivity contribution in [3.05, 3.63) is 59.6 Å². The van der Waals surface area contributed by atoms with Crippen LogP contribution in [0.2, 0.25) is 5.02 Å². The number of benzene rings is 2. The van der Waals surface area contributed by atoms with Gasteiger partial charge in [-0.05, 0) is 29.3 Å². The number of hydrogen-bond acceptors (Lipinski definition) is 2. The molecule has 0 bridgehead atoms. The zero-order valence-electron chi connectivity index (χ0n) is 10.4. The Balaban J connectivity index is 2.35. The van der Waals surface area contributed by atoms with E-state index in [1.54, 1.807) is 7.11 Å². The third-order valence-corrected chi connectivity index (χ3v) is 3.28. The van der Waals surface area contributed by atoms with Crippen molar-refractivity contribution in [1.29, 1.82) is 0 Å². The number of fused-ring (bicyclic) bond motifs is 1. The molecule has 3 heteroatoms. The van der Waals surface area contributed by atoms with Gasteiger partial charge in [0.15, 0.2) is 0 Å². The van der Waals surface area contributed by atoms with Crippen molar-refractivity contribution in [2.45, 2.75) is 0 Å². The van der Waals surface area contributed by atoms with Gasteiger partial charge in [0.25, 0.3) is 0 Å². The Kier molecular flexibility index (Phi) is 3.10. The molecule has 3 rings (SSSR count). The summed E-state index contributed by atoms with van der Waals surface area (Å²) in [6.45, 7) is 0. The average Bonchev–Trinajstić information content (AvgIpc) is 2.47. The van der Waals surface area contributed by atoms with Gasteiger partial charge in [-0.25, -0.2) is 4.98 Å². The summed E-state index contributed by atoms with van der Waals surface area (Å²) in [5.74, 6) is 0.605. The van der Waals surface area contributed by atoms with Crippen LogP contribution < -0.4 is 4.74 Å². The highest BCUT2D eigenvalue weighted by Gasteiger charge is 2.08. The highest BCUT2D eigenvalue weighted by molar-refractivity contribution is 6.31. The van der Waals surface area contributed by atoms with Crippen LogP contribution in [0.3, 0.4) is 0 Å². The Morgan fingerprint density at radius 2 is 1.79 bits per heavy atom. The molecule has 0 spiro atoms. The molecule has 2 nitrogen and oxygen atoms in total. The van der Waals surface area contributed by atoms with Gasteiger partial charge in [-0.3, -0.25) is 0 Å². The molecule has 0 atom stereocenters. The summed E-state index contributed by atoms with van der Waals surface area (Å²) in [5.41, 5.74) is 3.07. The van der Waals surface area contributed by atoms with Crippen LogP contribution >= 0.6 is 11.6 Å². The minimum Gasteiger partial charge on any atom is -0.481 e. The van der Waals surface area contributed by atoms with Gasteiger partial charge < -0.3 is 4.74 Å². The van der Waals surface area contributed by atoms with Crippen LogP contribution in [0.15, 0.2) is 54.6 Å². The first-order valence-corrected chi connectivity index (χ1v) is 6.35. The zero-order chi connectivity index (χ0) is 13.2. The van der Waals surface area contributed by atoms with Crippen molar-refractivity contribution in [3.63, 3.8) is 0 Å². The lowest BCUT2D eigenvalue weighted by Gasteiger charge is -2.09. The van der Waals surface area contributed by atoms with Gasteiger partial charge in [-0.2, -0.15) is 0 Å². The summed E-state index contributed by atoms with van der Waals surface area (Å²) < 4.78 is 5.27. The highest BCUT2D eigenvalue weighted by atomic mass is 35.5. The topological polar surface area (TPSA) is 22.1 Å². The molecule has 2 aromatic carbocycles. The molecule has 0 aliphatic carbocycles. The number of pyridine rings is 1. The molecule has 3 aromatic rings. The van der Waals surface area contributed by atoms with Crippen molar-refractivity contribution >= 4 is 22.5 Å². The molecule has 0 saturated carbocycles. The Labute approximate surface area is 116 Å². The van der Waals surface area contributed by atoms with Crippen LogP contribution in [0, 0.1) is 0 Å². The number of aromatic nitrogens is 1. The van der Waals surface area contributed by atoms with Crippen molar-refractivity contribution < 1.29 is 4.74 Å². The van der Waals surface area contributed by atoms with E-state index in [0.717, 1.165) is 22.0 Å². The number of ether oxygens (including phenoxy) is 1. The van der Waals surface area contributed by atoms with Crippen molar-refractivity contribution in [3.8, 4) is 17.0 Å². The fourth-order valence-electron chi connectivity index (χ4n) is 2.13. The molecule has 1 aromatic heterocycles. The number of halogens is 1. The van der Waals surface area contributed by atoms with E-state index >= 15 is 0 Å². The van der Waals surface area contributed by atoms with Gasteiger partial charge in [0.2, 0.25) is 5.88 Å². The molecule has 0 aliphatic rings. The first-order valence-electron chi connectivity index (χ1n) is 5.97. The third-order valence-electron chi connectivity index (χ3n) is 3.04. The van der Waals surface area contributed by atoms with Gasteiger partial charge in [0.1, 0.15) is 0 Å². The van der Waals surface area contributed by atoms with Crippen LogP contribution in [0.25, 0.3) is 22.0 Å². The molecule has 0 radical (unpaired) electrons. The van der Waals surface area contributed by atoms with E-state index in [2.05, 4.69) is 17.1 Å². The maximum atomic E-state index is 6.09. The second-order valence-electron chi connectivity index (χ2n) is 4.24. The average molecular weight is 270 g/mol. The predicted molar refractivity (Wildman–Crippen MR) is 78.7 cm³/mol. The maximum Gasteiger partial charge on any atom is 0.214 e. The molecule has 0 aliphatic heterocycles. The Hall–Kier alpha value is -2.06. The largest absolute Gasteiger partial charge is 0.481 e. The van der Waals surface area contributed by atoms with E-state index in [-0.39, 0.29) is 0 Å². The van der Waals surface area contributed by atoms with E-state index < -0.39 is 0 Å². The molecule has 19 heavy (non-hydrogen) atoms. The normalized spacial score (nSPS) is 10.6. The standard InChI is InChI=1S/C16H12ClNO/c1-19-16-10-13(11-5-3-2-4-6-11)14-9-12(17)7-8-15(14)18-16/h2-10H,1H3. The van der Waals surface area contributed by atoms with Crippen LogP contribution in [0.1, 0.15) is 0 Å². The second kappa shape index (κ2) is 4.90. The van der Waals surface area contributed by atoms with E-state index in [1.807, 2.05) is 42.5 Å². The summed E-state index contributed by atoms with van der Waals surface area (Å²) in [6, 6.07) is 17.8. The Bertz CT molecular complexity index is 725. The summed E-state index contributed by atoms with van der Waals surface area (Å²) in [4.78, 5) is 4.44. The lowest BCUT2D eigenvalue weighted by atomic mass is 10.0. The monoisotopic (exact) mass is 269 g/mol. The SMILES string of the molecule is COc1cc(-c2ccccc2)c2cc(Cl)ccc2n1. The smallest absolute Gasteiger partial charge is 0.214 e. The van der Waals surface area contributed by atoms with Crippen molar-refractivity contribution in [2.24, 2.45) is 0 Å². The van der Waals surface area contributed by atoms with E-state index in [1.165, 1.54) is 0 Å². The first kappa shape index (κ1) is 12.0. The summed E-state index contributed by atoms with van der Waals surface area (Å²) in [6.07, 6.45) is 0. The summed E-state index contributed by atoms with van der Waals surface area (Å²) >= 11 is 6.09. The molecular formula is C16H12ClNO. The summed E-state index contributed by atoms with van der Waals surface area (Å²) in [7, 11) is 1.62. The van der Waals surface area contributed by atoms with Gasteiger partial charge in [-0.1, -0.05) is 41.9 Å². The molecule has 0 fully saturated rings. The lowest BCUT2D eigenvalue weighted by molar-refractivity contribution is 0.400. The van der Waals surface area contributed by atoms with E-state index in [0.29, 0.717) is 10.9 Å². The van der Waals surface area contributed by atoms with Gasteiger partial charge in [-0.15, -0.1) is 0 Å². The number of rotatable bonds is 2. The zero-order valence-corrected chi connectivity index (χ0v) is 11.2. The van der Waals surface area contributed by atoms with Crippen LogP contribution in [-0.2, 0) is 0 Å². The third kappa shape index (κ3) is 2.27. The molecule has 1 heterocycles. The van der Waals surface area contributed by atoms with Crippen LogP contribution in [0.4, 0.5) is 0 Å². The number of hydrogen-bond donors (Lipinski definition) is 0. The Morgan fingerprint density at radius 1 is 1.00 bits per heavy atom. The quantitative estimate of drug-likeness (QED) is 0.680. The molecule has 0 unspecified atom stereocenters. The molecule has 0 N–H and O–H groups in total. The van der Waals surface area contributed by atoms with Crippen molar-refractivity contribution in [1.82, 2.24) is 4.98 Å². The van der Waals surface area contributed by atoms with Gasteiger partial charge in [0.05, 0.1) is 12.6 Å². The lowest BCUT2D eigenvalue weighted by Crippen LogP contribution is -1.91. The fraction of sp³-hybridized carbons (Fsp3) is 0.0625. The molecular weight excluding hydrogens is 258 g/mol. The van der Waals surface area contributed by atoms with E-state index in [4.69, 9.17) is 16.3 Å². The minimum atomic E-state index is 0.605. The maximum absolute atomic E-state index is 6.09.